The molecule has 134 valence electrons. The molecule has 3 rings (SSSR count). The van der Waals surface area contributed by atoms with Gasteiger partial charge in [-0.2, -0.15) is 5.10 Å². The Labute approximate surface area is 159 Å². The van der Waals surface area contributed by atoms with Gasteiger partial charge in [0.1, 0.15) is 11.4 Å². The molecule has 2 aromatic heterocycles. The van der Waals surface area contributed by atoms with Crippen molar-refractivity contribution in [2.45, 2.75) is 6.92 Å². The normalized spacial score (nSPS) is 10.6. The van der Waals surface area contributed by atoms with E-state index >= 15 is 0 Å². The fourth-order valence-electron chi connectivity index (χ4n) is 2.59. The average molecular weight is 416 g/mol. The number of rotatable bonds is 5. The first-order valence-corrected chi connectivity index (χ1v) is 8.74. The van der Waals surface area contributed by atoms with Gasteiger partial charge in [0.05, 0.1) is 12.7 Å². The highest BCUT2D eigenvalue weighted by Crippen LogP contribution is 2.20. The Balaban J connectivity index is 1.65. The summed E-state index contributed by atoms with van der Waals surface area (Å²) in [4.78, 5) is 24.6. The van der Waals surface area contributed by atoms with E-state index < -0.39 is 0 Å². The highest BCUT2D eigenvalue weighted by atomic mass is 79.9. The molecule has 0 saturated heterocycles. The molecule has 0 aliphatic carbocycles. The number of carbonyl (C=O) groups is 2. The van der Waals surface area contributed by atoms with Crippen LogP contribution in [-0.4, -0.2) is 32.7 Å². The average Bonchev–Trinajstić information content (AvgIpc) is 3.24. The number of benzene rings is 1. The molecule has 2 heterocycles. The minimum Gasteiger partial charge on any atom is -0.343 e. The molecular weight excluding hydrogens is 398 g/mol. The molecule has 7 nitrogen and oxygen atoms in total. The summed E-state index contributed by atoms with van der Waals surface area (Å²) in [6.45, 7) is 1.77. The Kier molecular flexibility index (Phi) is 5.22. The Morgan fingerprint density at radius 3 is 2.65 bits per heavy atom. The summed E-state index contributed by atoms with van der Waals surface area (Å²) in [5.41, 5.74) is 2.04. The van der Waals surface area contributed by atoms with E-state index in [0.29, 0.717) is 17.1 Å². The minimum absolute atomic E-state index is 0.131. The van der Waals surface area contributed by atoms with Crippen LogP contribution in [0, 0.1) is 6.92 Å². The quantitative estimate of drug-likeness (QED) is 0.671. The highest BCUT2D eigenvalue weighted by molar-refractivity contribution is 9.10. The monoisotopic (exact) mass is 415 g/mol. The smallest absolute Gasteiger partial charge is 0.257 e. The molecule has 2 amide bonds. The van der Waals surface area contributed by atoms with E-state index in [1.54, 1.807) is 16.3 Å². The topological polar surface area (TPSA) is 81.0 Å². The van der Waals surface area contributed by atoms with Crippen LogP contribution in [0.3, 0.4) is 0 Å². The molecule has 1 aromatic carbocycles. The Bertz CT molecular complexity index is 947. The Morgan fingerprint density at radius 2 is 1.96 bits per heavy atom. The van der Waals surface area contributed by atoms with Gasteiger partial charge in [0.25, 0.3) is 5.91 Å². The van der Waals surface area contributed by atoms with Gasteiger partial charge >= 0.3 is 0 Å². The van der Waals surface area contributed by atoms with Gasteiger partial charge < -0.3 is 15.2 Å². The van der Waals surface area contributed by atoms with Crippen LogP contribution in [0.15, 0.2) is 53.4 Å². The van der Waals surface area contributed by atoms with Crippen molar-refractivity contribution >= 4 is 33.4 Å². The first-order valence-electron chi connectivity index (χ1n) is 7.95. The zero-order valence-corrected chi connectivity index (χ0v) is 15.9. The predicted octanol–water partition coefficient (Wildman–Crippen LogP) is 2.65. The van der Waals surface area contributed by atoms with Crippen LogP contribution in [0.4, 0.5) is 5.69 Å². The van der Waals surface area contributed by atoms with Crippen molar-refractivity contribution < 1.29 is 9.59 Å². The minimum atomic E-state index is -0.357. The number of carbonyl (C=O) groups excluding carboxylic acids is 2. The van der Waals surface area contributed by atoms with E-state index in [2.05, 4.69) is 31.7 Å². The molecule has 0 aliphatic heterocycles. The van der Waals surface area contributed by atoms with Crippen LogP contribution in [0.1, 0.15) is 15.9 Å². The molecule has 0 unspecified atom stereocenters. The summed E-state index contributed by atoms with van der Waals surface area (Å²) in [5, 5.41) is 9.57. The van der Waals surface area contributed by atoms with Crippen molar-refractivity contribution in [2.24, 2.45) is 7.05 Å². The summed E-state index contributed by atoms with van der Waals surface area (Å²) in [7, 11) is 1.76. The molecule has 2 N–H and O–H groups in total. The highest BCUT2D eigenvalue weighted by Gasteiger charge is 2.18. The second-order valence-electron chi connectivity index (χ2n) is 5.79. The molecule has 0 spiro atoms. The number of hydrogen-bond acceptors (Lipinski definition) is 3. The lowest BCUT2D eigenvalue weighted by Crippen LogP contribution is -2.33. The summed E-state index contributed by atoms with van der Waals surface area (Å²) in [5.74, 6) is -0.0173. The van der Waals surface area contributed by atoms with Gasteiger partial charge in [-0.3, -0.25) is 14.3 Å². The number of nitrogens with zero attached hydrogens (tertiary/aromatic N) is 3. The first kappa shape index (κ1) is 17.9. The van der Waals surface area contributed by atoms with Crippen molar-refractivity contribution in [2.75, 3.05) is 11.9 Å². The molecule has 0 radical (unpaired) electrons. The zero-order valence-electron chi connectivity index (χ0n) is 14.4. The lowest BCUT2D eigenvalue weighted by atomic mass is 10.2. The maximum absolute atomic E-state index is 12.5. The lowest BCUT2D eigenvalue weighted by molar-refractivity contribution is -0.115. The van der Waals surface area contributed by atoms with E-state index in [-0.39, 0.29) is 18.4 Å². The number of amides is 2. The SMILES string of the molecule is Cc1cc(Br)ccc1NC(=O)CNC(=O)c1cnn(C)c1-n1cccc1. The molecule has 3 aromatic rings. The van der Waals surface area contributed by atoms with Crippen LogP contribution in [-0.2, 0) is 11.8 Å². The van der Waals surface area contributed by atoms with E-state index in [9.17, 15) is 9.59 Å². The van der Waals surface area contributed by atoms with Crippen LogP contribution in [0.5, 0.6) is 0 Å². The van der Waals surface area contributed by atoms with Crippen molar-refractivity contribution in [3.63, 3.8) is 0 Å². The number of hydrogen-bond donors (Lipinski definition) is 2. The molecular formula is C18H18BrN5O2. The van der Waals surface area contributed by atoms with Gasteiger partial charge in [0, 0.05) is 29.6 Å². The van der Waals surface area contributed by atoms with Gasteiger partial charge in [0.2, 0.25) is 5.91 Å². The molecule has 26 heavy (non-hydrogen) atoms. The van der Waals surface area contributed by atoms with E-state index in [1.807, 2.05) is 49.6 Å². The number of nitrogens with one attached hydrogen (secondary N) is 2. The summed E-state index contributed by atoms with van der Waals surface area (Å²) < 4.78 is 4.35. The summed E-state index contributed by atoms with van der Waals surface area (Å²) in [6.07, 6.45) is 5.15. The van der Waals surface area contributed by atoms with Crippen molar-refractivity contribution in [1.82, 2.24) is 19.7 Å². The summed E-state index contributed by atoms with van der Waals surface area (Å²) in [6, 6.07) is 9.29. The fourth-order valence-corrected chi connectivity index (χ4v) is 3.07. The van der Waals surface area contributed by atoms with Crippen LogP contribution >= 0.6 is 15.9 Å². The van der Waals surface area contributed by atoms with Crippen molar-refractivity contribution in [3.05, 3.63) is 64.5 Å². The van der Waals surface area contributed by atoms with Gasteiger partial charge in [-0.05, 0) is 42.8 Å². The Morgan fingerprint density at radius 1 is 1.23 bits per heavy atom. The second kappa shape index (κ2) is 7.57. The first-order chi connectivity index (χ1) is 12.5. The van der Waals surface area contributed by atoms with E-state index in [4.69, 9.17) is 0 Å². The fraction of sp³-hybridized carbons (Fsp3) is 0.167. The maximum Gasteiger partial charge on any atom is 0.257 e. The van der Waals surface area contributed by atoms with E-state index in [0.717, 1.165) is 10.0 Å². The van der Waals surface area contributed by atoms with Crippen molar-refractivity contribution in [3.8, 4) is 5.82 Å². The Hall–Kier alpha value is -2.87. The lowest BCUT2D eigenvalue weighted by Gasteiger charge is -2.10. The third-order valence-electron chi connectivity index (χ3n) is 3.87. The number of anilines is 1. The standard InChI is InChI=1S/C18H18BrN5O2/c1-12-9-13(19)5-6-15(12)22-16(25)11-20-17(26)14-10-21-23(2)18(14)24-7-3-4-8-24/h3-10H,11H2,1-2H3,(H,20,26)(H,22,25). The number of aromatic nitrogens is 3. The molecule has 0 fully saturated rings. The second-order valence-corrected chi connectivity index (χ2v) is 6.70. The molecule has 0 saturated carbocycles. The number of aryl methyl sites for hydroxylation is 2. The number of halogens is 1. The maximum atomic E-state index is 12.5. The molecule has 0 atom stereocenters. The largest absolute Gasteiger partial charge is 0.343 e. The predicted molar refractivity (Wildman–Crippen MR) is 102 cm³/mol. The van der Waals surface area contributed by atoms with Gasteiger partial charge in [0.15, 0.2) is 0 Å². The van der Waals surface area contributed by atoms with Crippen LogP contribution in [0.2, 0.25) is 0 Å². The molecule has 8 heteroatoms. The zero-order chi connectivity index (χ0) is 18.7. The molecule has 0 aliphatic rings. The van der Waals surface area contributed by atoms with Gasteiger partial charge in [-0.25, -0.2) is 0 Å². The third-order valence-corrected chi connectivity index (χ3v) is 4.37. The third kappa shape index (κ3) is 3.85. The van der Waals surface area contributed by atoms with Crippen molar-refractivity contribution in [1.29, 1.82) is 0 Å². The van der Waals surface area contributed by atoms with Crippen LogP contribution in [0.25, 0.3) is 5.82 Å². The van der Waals surface area contributed by atoms with Gasteiger partial charge in [-0.15, -0.1) is 0 Å². The van der Waals surface area contributed by atoms with E-state index in [1.165, 1.54) is 6.20 Å². The van der Waals surface area contributed by atoms with Gasteiger partial charge in [-0.1, -0.05) is 15.9 Å². The summed E-state index contributed by atoms with van der Waals surface area (Å²) >= 11 is 3.38. The molecule has 0 bridgehead atoms. The van der Waals surface area contributed by atoms with Crippen LogP contribution < -0.4 is 10.6 Å².